The molecule has 2 rings (SSSR count). The first kappa shape index (κ1) is 11.5. The average molecular weight is 290 g/mol. The SMILES string of the molecule is O=C(NC1(CBr)CC1)c1ccc(F)c(F)c1. The van der Waals surface area contributed by atoms with Gasteiger partial charge in [-0.2, -0.15) is 0 Å². The minimum atomic E-state index is -1.00. The fraction of sp³-hybridized carbons (Fsp3) is 0.364. The second kappa shape index (κ2) is 4.13. The van der Waals surface area contributed by atoms with E-state index in [4.69, 9.17) is 0 Å². The van der Waals surface area contributed by atoms with Gasteiger partial charge in [-0.05, 0) is 31.0 Å². The van der Waals surface area contributed by atoms with Crippen molar-refractivity contribution in [2.24, 2.45) is 0 Å². The van der Waals surface area contributed by atoms with E-state index in [1.165, 1.54) is 6.07 Å². The van der Waals surface area contributed by atoms with Crippen molar-refractivity contribution in [1.82, 2.24) is 5.32 Å². The highest BCUT2D eigenvalue weighted by molar-refractivity contribution is 9.09. The Morgan fingerprint density at radius 2 is 2.06 bits per heavy atom. The third-order valence-electron chi connectivity index (χ3n) is 2.67. The number of halogens is 3. The average Bonchev–Trinajstić information content (AvgIpc) is 3.02. The third kappa shape index (κ3) is 2.24. The van der Waals surface area contributed by atoms with Crippen LogP contribution in [0.25, 0.3) is 0 Å². The molecule has 86 valence electrons. The smallest absolute Gasteiger partial charge is 0.251 e. The lowest BCUT2D eigenvalue weighted by Gasteiger charge is -2.14. The molecule has 0 spiro atoms. The number of hydrogen-bond donors (Lipinski definition) is 1. The van der Waals surface area contributed by atoms with Crippen LogP contribution in [-0.4, -0.2) is 16.8 Å². The highest BCUT2D eigenvalue weighted by Gasteiger charge is 2.43. The molecule has 1 amide bonds. The number of hydrogen-bond acceptors (Lipinski definition) is 1. The molecule has 0 aromatic heterocycles. The summed E-state index contributed by atoms with van der Waals surface area (Å²) >= 11 is 3.31. The summed E-state index contributed by atoms with van der Waals surface area (Å²) in [5.41, 5.74) is -0.0480. The van der Waals surface area contributed by atoms with Gasteiger partial charge in [-0.15, -0.1) is 0 Å². The molecule has 0 radical (unpaired) electrons. The predicted octanol–water partition coefficient (Wildman–Crippen LogP) is 2.62. The maximum Gasteiger partial charge on any atom is 0.251 e. The molecule has 0 atom stereocenters. The number of carbonyl (C=O) groups is 1. The maximum absolute atomic E-state index is 12.9. The van der Waals surface area contributed by atoms with Crippen molar-refractivity contribution in [3.63, 3.8) is 0 Å². The van der Waals surface area contributed by atoms with Gasteiger partial charge in [0.15, 0.2) is 11.6 Å². The van der Waals surface area contributed by atoms with Gasteiger partial charge in [0.2, 0.25) is 0 Å². The second-order valence-electron chi connectivity index (χ2n) is 4.00. The molecule has 1 aliphatic carbocycles. The Balaban J connectivity index is 2.12. The van der Waals surface area contributed by atoms with E-state index in [0.717, 1.165) is 25.0 Å². The summed E-state index contributed by atoms with van der Waals surface area (Å²) in [4.78, 5) is 11.7. The Morgan fingerprint density at radius 3 is 2.56 bits per heavy atom. The molecule has 1 N–H and O–H groups in total. The molecule has 1 aromatic carbocycles. The van der Waals surface area contributed by atoms with Gasteiger partial charge < -0.3 is 5.32 Å². The third-order valence-corrected chi connectivity index (χ3v) is 3.74. The molecule has 1 aliphatic rings. The zero-order valence-electron chi connectivity index (χ0n) is 8.40. The summed E-state index contributed by atoms with van der Waals surface area (Å²) in [6, 6.07) is 3.14. The lowest BCUT2D eigenvalue weighted by atomic mass is 10.2. The monoisotopic (exact) mass is 289 g/mol. The van der Waals surface area contributed by atoms with E-state index in [2.05, 4.69) is 21.2 Å². The Labute approximate surface area is 100 Å². The number of rotatable bonds is 3. The molecule has 0 bridgehead atoms. The molecule has 0 saturated heterocycles. The van der Waals surface area contributed by atoms with E-state index in [0.29, 0.717) is 5.33 Å². The first-order valence-corrected chi connectivity index (χ1v) is 6.02. The minimum absolute atomic E-state index is 0.145. The van der Waals surface area contributed by atoms with Crippen molar-refractivity contribution in [2.45, 2.75) is 18.4 Å². The van der Waals surface area contributed by atoms with Crippen LogP contribution in [0, 0.1) is 11.6 Å². The zero-order valence-corrected chi connectivity index (χ0v) is 9.98. The first-order valence-electron chi connectivity index (χ1n) is 4.90. The van der Waals surface area contributed by atoms with E-state index in [-0.39, 0.29) is 17.0 Å². The van der Waals surface area contributed by atoms with Crippen LogP contribution in [0.3, 0.4) is 0 Å². The minimum Gasteiger partial charge on any atom is -0.346 e. The van der Waals surface area contributed by atoms with Crippen molar-refractivity contribution >= 4 is 21.8 Å². The van der Waals surface area contributed by atoms with Crippen LogP contribution in [0.4, 0.5) is 8.78 Å². The van der Waals surface area contributed by atoms with Crippen molar-refractivity contribution < 1.29 is 13.6 Å². The van der Waals surface area contributed by atoms with Gasteiger partial charge in [-0.3, -0.25) is 4.79 Å². The summed E-state index contributed by atoms with van der Waals surface area (Å²) in [7, 11) is 0. The molecule has 5 heteroatoms. The largest absolute Gasteiger partial charge is 0.346 e. The number of benzene rings is 1. The van der Waals surface area contributed by atoms with Gasteiger partial charge in [0.25, 0.3) is 5.91 Å². The van der Waals surface area contributed by atoms with Gasteiger partial charge >= 0.3 is 0 Å². The number of nitrogens with one attached hydrogen (secondary N) is 1. The molecule has 2 nitrogen and oxygen atoms in total. The summed E-state index contributed by atoms with van der Waals surface area (Å²) in [6.07, 6.45) is 1.82. The normalized spacial score (nSPS) is 16.9. The zero-order chi connectivity index (χ0) is 11.8. The van der Waals surface area contributed by atoms with Gasteiger partial charge in [0.1, 0.15) is 0 Å². The van der Waals surface area contributed by atoms with Crippen LogP contribution in [-0.2, 0) is 0 Å². The van der Waals surface area contributed by atoms with Gasteiger partial charge in [-0.25, -0.2) is 8.78 Å². The predicted molar refractivity (Wildman–Crippen MR) is 59.6 cm³/mol. The van der Waals surface area contributed by atoms with Gasteiger partial charge in [-0.1, -0.05) is 15.9 Å². The summed E-state index contributed by atoms with van der Waals surface area (Å²) < 4.78 is 25.6. The van der Waals surface area contributed by atoms with E-state index >= 15 is 0 Å². The van der Waals surface area contributed by atoms with Crippen LogP contribution < -0.4 is 5.32 Å². The van der Waals surface area contributed by atoms with E-state index in [1.54, 1.807) is 0 Å². The van der Waals surface area contributed by atoms with Crippen molar-refractivity contribution in [2.75, 3.05) is 5.33 Å². The standard InChI is InChI=1S/C11H10BrF2NO/c12-6-11(3-4-11)15-10(16)7-1-2-8(13)9(14)5-7/h1-2,5H,3-4,6H2,(H,15,16). The molecular formula is C11H10BrF2NO. The van der Waals surface area contributed by atoms with Crippen molar-refractivity contribution in [3.05, 3.63) is 35.4 Å². The summed E-state index contributed by atoms with van der Waals surface area (Å²) in [6.45, 7) is 0. The maximum atomic E-state index is 12.9. The van der Waals surface area contributed by atoms with E-state index in [9.17, 15) is 13.6 Å². The van der Waals surface area contributed by atoms with Crippen molar-refractivity contribution in [1.29, 1.82) is 0 Å². The highest BCUT2D eigenvalue weighted by atomic mass is 79.9. The van der Waals surface area contributed by atoms with Crippen LogP contribution >= 0.6 is 15.9 Å². The van der Waals surface area contributed by atoms with Gasteiger partial charge in [0.05, 0.1) is 5.54 Å². The Morgan fingerprint density at radius 1 is 1.38 bits per heavy atom. The summed E-state index contributed by atoms with van der Waals surface area (Å²) in [5.74, 6) is -2.31. The Kier molecular flexibility index (Phi) is 2.97. The van der Waals surface area contributed by atoms with Crippen LogP contribution in [0.2, 0.25) is 0 Å². The highest BCUT2D eigenvalue weighted by Crippen LogP contribution is 2.37. The fourth-order valence-electron chi connectivity index (χ4n) is 1.39. The molecule has 1 fully saturated rings. The molecule has 1 aromatic rings. The van der Waals surface area contributed by atoms with E-state index in [1.807, 2.05) is 0 Å². The van der Waals surface area contributed by atoms with Crippen LogP contribution in [0.1, 0.15) is 23.2 Å². The number of carbonyl (C=O) groups excluding carboxylic acids is 1. The van der Waals surface area contributed by atoms with E-state index < -0.39 is 11.6 Å². The fourth-order valence-corrected chi connectivity index (χ4v) is 2.09. The van der Waals surface area contributed by atoms with Crippen molar-refractivity contribution in [3.8, 4) is 0 Å². The Hall–Kier alpha value is -0.970. The number of alkyl halides is 1. The molecule has 0 unspecified atom stereocenters. The Bertz CT molecular complexity index is 432. The molecular weight excluding hydrogens is 280 g/mol. The molecule has 0 aliphatic heterocycles. The van der Waals surface area contributed by atoms with Crippen LogP contribution in [0.15, 0.2) is 18.2 Å². The molecule has 16 heavy (non-hydrogen) atoms. The summed E-state index contributed by atoms with van der Waals surface area (Å²) in [5, 5.41) is 3.48. The second-order valence-corrected chi connectivity index (χ2v) is 4.56. The lowest BCUT2D eigenvalue weighted by molar-refractivity contribution is 0.0936. The van der Waals surface area contributed by atoms with Gasteiger partial charge in [0, 0.05) is 10.9 Å². The van der Waals surface area contributed by atoms with Crippen LogP contribution in [0.5, 0.6) is 0 Å². The quantitative estimate of drug-likeness (QED) is 0.852. The molecule has 1 saturated carbocycles. The number of amides is 1. The lowest BCUT2D eigenvalue weighted by Crippen LogP contribution is -2.38. The molecule has 0 heterocycles. The first-order chi connectivity index (χ1) is 7.56. The topological polar surface area (TPSA) is 29.1 Å².